The average Bonchev–Trinajstić information content (AvgIpc) is 3.00. The van der Waals surface area contributed by atoms with Gasteiger partial charge in [-0.3, -0.25) is 9.59 Å². The molecule has 33 heavy (non-hydrogen) atoms. The fourth-order valence-electron chi connectivity index (χ4n) is 3.56. The van der Waals surface area contributed by atoms with Crippen LogP contribution in [-0.4, -0.2) is 78.4 Å². The van der Waals surface area contributed by atoms with Gasteiger partial charge in [-0.2, -0.15) is 0 Å². The summed E-state index contributed by atoms with van der Waals surface area (Å²) in [6, 6.07) is 11.2. The van der Waals surface area contributed by atoms with E-state index < -0.39 is 0 Å². The molecule has 0 aliphatic carbocycles. The number of pyridine rings is 1. The molecule has 2 aromatic rings. The number of hydrogen-bond donors (Lipinski definition) is 0. The molecule has 1 atom stereocenters. The number of aromatic nitrogens is 1. The van der Waals surface area contributed by atoms with E-state index in [-0.39, 0.29) is 36.3 Å². The molecule has 8 nitrogen and oxygen atoms in total. The van der Waals surface area contributed by atoms with E-state index in [0.29, 0.717) is 31.2 Å². The molecule has 1 aliphatic rings. The zero-order valence-corrected chi connectivity index (χ0v) is 20.3. The van der Waals surface area contributed by atoms with Crippen molar-refractivity contribution in [3.63, 3.8) is 0 Å². The van der Waals surface area contributed by atoms with Crippen molar-refractivity contribution in [1.82, 2.24) is 14.8 Å². The molecule has 0 N–H and O–H groups in total. The summed E-state index contributed by atoms with van der Waals surface area (Å²) in [6.45, 7) is 5.06. The summed E-state index contributed by atoms with van der Waals surface area (Å²) in [5.74, 6) is 1.38. The number of amides is 2. The summed E-state index contributed by atoms with van der Waals surface area (Å²) in [5.41, 5.74) is 0.890. The predicted molar refractivity (Wildman–Crippen MR) is 127 cm³/mol. The second-order valence-electron chi connectivity index (χ2n) is 8.02. The molecule has 1 fully saturated rings. The fourth-order valence-corrected chi connectivity index (χ4v) is 4.32. The van der Waals surface area contributed by atoms with E-state index in [1.54, 1.807) is 36.3 Å². The molecule has 1 aromatic carbocycles. The Bertz CT molecular complexity index is 919. The van der Waals surface area contributed by atoms with Gasteiger partial charge in [-0.25, -0.2) is 4.98 Å². The highest BCUT2D eigenvalue weighted by Gasteiger charge is 2.32. The zero-order chi connectivity index (χ0) is 23.8. The van der Waals surface area contributed by atoms with Gasteiger partial charge in [0.15, 0.2) is 0 Å². The summed E-state index contributed by atoms with van der Waals surface area (Å²) >= 11 is 1.36. The van der Waals surface area contributed by atoms with Crippen LogP contribution in [0.2, 0.25) is 0 Å². The van der Waals surface area contributed by atoms with Gasteiger partial charge < -0.3 is 24.0 Å². The van der Waals surface area contributed by atoms with Crippen molar-refractivity contribution < 1.29 is 23.8 Å². The summed E-state index contributed by atoms with van der Waals surface area (Å²) in [6.07, 6.45) is 1.38. The molecule has 0 bridgehead atoms. The first-order chi connectivity index (χ1) is 15.9. The molecule has 3 rings (SSSR count). The fraction of sp³-hybridized carbons (Fsp3) is 0.458. The van der Waals surface area contributed by atoms with Gasteiger partial charge in [0, 0.05) is 31.4 Å². The van der Waals surface area contributed by atoms with E-state index in [2.05, 4.69) is 4.98 Å². The Labute approximate surface area is 199 Å². The molecule has 2 amide bonds. The van der Waals surface area contributed by atoms with Crippen LogP contribution in [0.15, 0.2) is 47.6 Å². The third-order valence-electron chi connectivity index (χ3n) is 5.33. The van der Waals surface area contributed by atoms with Crippen LogP contribution >= 0.6 is 11.8 Å². The van der Waals surface area contributed by atoms with Crippen LogP contribution in [0.25, 0.3) is 0 Å². The molecule has 2 heterocycles. The van der Waals surface area contributed by atoms with Crippen molar-refractivity contribution in [1.29, 1.82) is 0 Å². The van der Waals surface area contributed by atoms with Gasteiger partial charge in [0.2, 0.25) is 11.8 Å². The summed E-state index contributed by atoms with van der Waals surface area (Å²) < 4.78 is 16.9. The Kier molecular flexibility index (Phi) is 8.96. The maximum absolute atomic E-state index is 13.0. The van der Waals surface area contributed by atoms with Gasteiger partial charge >= 0.3 is 0 Å². The van der Waals surface area contributed by atoms with Crippen molar-refractivity contribution in [3.05, 3.63) is 48.2 Å². The van der Waals surface area contributed by atoms with Crippen LogP contribution < -0.4 is 9.47 Å². The maximum atomic E-state index is 13.0. The lowest BCUT2D eigenvalue weighted by Crippen LogP contribution is -2.42. The Balaban J connectivity index is 1.69. The minimum absolute atomic E-state index is 0.0125. The number of thioether (sulfide) groups is 1. The summed E-state index contributed by atoms with van der Waals surface area (Å²) in [7, 11) is 3.20. The lowest BCUT2D eigenvalue weighted by Gasteiger charge is -2.27. The van der Waals surface area contributed by atoms with E-state index in [9.17, 15) is 9.59 Å². The third kappa shape index (κ3) is 7.10. The first kappa shape index (κ1) is 24.9. The number of nitrogens with zero attached hydrogens (tertiary/aromatic N) is 3. The van der Waals surface area contributed by atoms with Crippen LogP contribution in [0.4, 0.5) is 0 Å². The molecule has 0 radical (unpaired) electrons. The molecule has 0 saturated carbocycles. The molecule has 0 unspecified atom stereocenters. The van der Waals surface area contributed by atoms with E-state index in [0.717, 1.165) is 10.6 Å². The zero-order valence-electron chi connectivity index (χ0n) is 19.5. The van der Waals surface area contributed by atoms with Crippen LogP contribution in [0.1, 0.15) is 19.4 Å². The van der Waals surface area contributed by atoms with Crippen LogP contribution in [0.3, 0.4) is 0 Å². The number of carbonyl (C=O) groups is 2. The predicted octanol–water partition coefficient (Wildman–Crippen LogP) is 2.86. The van der Waals surface area contributed by atoms with Crippen molar-refractivity contribution in [3.8, 4) is 11.5 Å². The standard InChI is InChI=1S/C24H31N3O5S/c1-17(2)27-13-21(32-15-18-9-19(30-3)11-20(10-18)31-4)12-26(14-23(27)28)24(29)16-33-22-7-5-6-8-25-22/h5-11,17,21H,12-16H2,1-4H3/t21-/m0/s1. The average molecular weight is 474 g/mol. The van der Waals surface area contributed by atoms with E-state index in [1.807, 2.05) is 44.2 Å². The SMILES string of the molecule is COc1cc(CO[C@H]2CN(C(=O)CSc3ccccn3)CC(=O)N(C(C)C)C2)cc(OC)c1. The number of ether oxygens (including phenoxy) is 3. The number of rotatable bonds is 9. The number of hydrogen-bond acceptors (Lipinski definition) is 7. The van der Waals surface area contributed by atoms with Gasteiger partial charge in [-0.1, -0.05) is 17.8 Å². The van der Waals surface area contributed by atoms with Crippen molar-refractivity contribution >= 4 is 23.6 Å². The first-order valence-electron chi connectivity index (χ1n) is 10.8. The molecule has 1 aliphatic heterocycles. The highest BCUT2D eigenvalue weighted by Crippen LogP contribution is 2.24. The Morgan fingerprint density at radius 3 is 2.48 bits per heavy atom. The second kappa shape index (κ2) is 11.9. The first-order valence-corrected chi connectivity index (χ1v) is 11.8. The van der Waals surface area contributed by atoms with Crippen molar-refractivity contribution in [2.75, 3.05) is 39.6 Å². The molecular formula is C24H31N3O5S. The quantitative estimate of drug-likeness (QED) is 0.518. The van der Waals surface area contributed by atoms with Crippen molar-refractivity contribution in [2.24, 2.45) is 0 Å². The maximum Gasteiger partial charge on any atom is 0.242 e. The largest absolute Gasteiger partial charge is 0.497 e. The van der Waals surface area contributed by atoms with Crippen LogP contribution in [0.5, 0.6) is 11.5 Å². The molecule has 9 heteroatoms. The molecule has 1 saturated heterocycles. The van der Waals surface area contributed by atoms with Gasteiger partial charge in [-0.05, 0) is 43.7 Å². The summed E-state index contributed by atoms with van der Waals surface area (Å²) in [5, 5.41) is 0.774. The summed E-state index contributed by atoms with van der Waals surface area (Å²) in [4.78, 5) is 33.4. The molecule has 0 spiro atoms. The molecule has 1 aromatic heterocycles. The minimum atomic E-state index is -0.320. The van der Waals surface area contributed by atoms with Gasteiger partial charge in [0.25, 0.3) is 0 Å². The van der Waals surface area contributed by atoms with E-state index in [4.69, 9.17) is 14.2 Å². The molecular weight excluding hydrogens is 442 g/mol. The van der Waals surface area contributed by atoms with E-state index in [1.165, 1.54) is 11.8 Å². The Morgan fingerprint density at radius 2 is 1.88 bits per heavy atom. The number of benzene rings is 1. The van der Waals surface area contributed by atoms with Gasteiger partial charge in [0.05, 0.1) is 44.3 Å². The lowest BCUT2D eigenvalue weighted by atomic mass is 10.2. The second-order valence-corrected chi connectivity index (χ2v) is 9.02. The van der Waals surface area contributed by atoms with Gasteiger partial charge in [-0.15, -0.1) is 0 Å². The third-order valence-corrected chi connectivity index (χ3v) is 6.25. The van der Waals surface area contributed by atoms with E-state index >= 15 is 0 Å². The topological polar surface area (TPSA) is 81.2 Å². The number of methoxy groups -OCH3 is 2. The Morgan fingerprint density at radius 1 is 1.15 bits per heavy atom. The minimum Gasteiger partial charge on any atom is -0.497 e. The number of carbonyl (C=O) groups excluding carboxylic acids is 2. The van der Waals surface area contributed by atoms with Crippen LogP contribution in [0, 0.1) is 0 Å². The molecule has 178 valence electrons. The highest BCUT2D eigenvalue weighted by atomic mass is 32.2. The van der Waals surface area contributed by atoms with Crippen molar-refractivity contribution in [2.45, 2.75) is 37.6 Å². The highest BCUT2D eigenvalue weighted by molar-refractivity contribution is 7.99. The normalized spacial score (nSPS) is 16.6. The smallest absolute Gasteiger partial charge is 0.242 e. The monoisotopic (exact) mass is 473 g/mol. The van der Waals surface area contributed by atoms with Gasteiger partial charge in [0.1, 0.15) is 11.5 Å². The van der Waals surface area contributed by atoms with Crippen LogP contribution in [-0.2, 0) is 20.9 Å². The Hall–Kier alpha value is -2.78. The lowest BCUT2D eigenvalue weighted by molar-refractivity contribution is -0.138.